The first-order valence-corrected chi connectivity index (χ1v) is 9.08. The molecule has 2 N–H and O–H groups in total. The third-order valence-electron chi connectivity index (χ3n) is 3.36. The van der Waals surface area contributed by atoms with Gasteiger partial charge < -0.3 is 10.4 Å². The lowest BCUT2D eigenvalue weighted by molar-refractivity contribution is -0.138. The van der Waals surface area contributed by atoms with Crippen LogP contribution in [0, 0.1) is 0 Å². The Hall–Kier alpha value is -1.14. The van der Waals surface area contributed by atoms with Crippen LogP contribution in [-0.4, -0.2) is 39.5 Å². The van der Waals surface area contributed by atoms with E-state index in [2.05, 4.69) is 5.32 Å². The van der Waals surface area contributed by atoms with Gasteiger partial charge in [0.05, 0.1) is 5.92 Å². The maximum absolute atomic E-state index is 12.0. The number of anilines is 1. The normalized spacial score (nSPS) is 19.8. The Labute approximate surface area is 133 Å². The fourth-order valence-corrected chi connectivity index (χ4v) is 4.75. The third-order valence-corrected chi connectivity index (χ3v) is 6.21. The molecule has 0 aliphatic carbocycles. The topological polar surface area (TPSA) is 66.4 Å². The second kappa shape index (κ2) is 7.75. The lowest BCUT2D eigenvalue weighted by atomic mass is 10.0. The third kappa shape index (κ3) is 4.97. The molecule has 1 heterocycles. The van der Waals surface area contributed by atoms with Crippen LogP contribution in [0.2, 0.25) is 0 Å². The van der Waals surface area contributed by atoms with Gasteiger partial charge in [0.2, 0.25) is 5.91 Å². The maximum atomic E-state index is 12.0. The molecule has 1 aromatic carbocycles. The first-order valence-electron chi connectivity index (χ1n) is 6.88. The molecule has 1 amide bonds. The van der Waals surface area contributed by atoms with E-state index in [4.69, 9.17) is 5.11 Å². The number of aliphatic carboxylic acids is 1. The van der Waals surface area contributed by atoms with Gasteiger partial charge in [-0.25, -0.2) is 0 Å². The van der Waals surface area contributed by atoms with Crippen molar-refractivity contribution in [3.8, 4) is 0 Å². The molecular formula is C15H19NO3S2. The van der Waals surface area contributed by atoms with Gasteiger partial charge in [-0.1, -0.05) is 12.1 Å². The van der Waals surface area contributed by atoms with Gasteiger partial charge in [-0.3, -0.25) is 9.59 Å². The van der Waals surface area contributed by atoms with E-state index in [9.17, 15) is 9.59 Å². The van der Waals surface area contributed by atoms with Gasteiger partial charge in [-0.15, -0.1) is 0 Å². The van der Waals surface area contributed by atoms with Gasteiger partial charge >= 0.3 is 5.97 Å². The first kappa shape index (κ1) is 16.2. The van der Waals surface area contributed by atoms with Crippen LogP contribution in [0.5, 0.6) is 0 Å². The molecule has 0 spiro atoms. The van der Waals surface area contributed by atoms with Crippen molar-refractivity contribution in [2.75, 3.05) is 22.6 Å². The molecule has 114 valence electrons. The lowest BCUT2D eigenvalue weighted by Crippen LogP contribution is -2.22. The van der Waals surface area contributed by atoms with E-state index in [0.717, 1.165) is 22.8 Å². The van der Waals surface area contributed by atoms with Crippen molar-refractivity contribution < 1.29 is 14.7 Å². The van der Waals surface area contributed by atoms with Gasteiger partial charge in [0.15, 0.2) is 0 Å². The molecule has 1 saturated heterocycles. The highest BCUT2D eigenvalue weighted by Crippen LogP contribution is 2.26. The Balaban J connectivity index is 1.87. The zero-order valence-corrected chi connectivity index (χ0v) is 13.5. The van der Waals surface area contributed by atoms with Gasteiger partial charge in [0.25, 0.3) is 0 Å². The van der Waals surface area contributed by atoms with Crippen molar-refractivity contribution in [3.05, 3.63) is 29.8 Å². The van der Waals surface area contributed by atoms with Crippen molar-refractivity contribution in [2.45, 2.75) is 24.5 Å². The van der Waals surface area contributed by atoms with Crippen LogP contribution in [0.3, 0.4) is 0 Å². The average molecular weight is 325 g/mol. The summed E-state index contributed by atoms with van der Waals surface area (Å²) in [5.74, 6) is 1.96. The van der Waals surface area contributed by atoms with Crippen molar-refractivity contribution in [1.82, 2.24) is 0 Å². The number of hydrogen-bond acceptors (Lipinski definition) is 4. The van der Waals surface area contributed by atoms with E-state index in [1.165, 1.54) is 5.75 Å². The molecule has 1 aliphatic heterocycles. The highest BCUT2D eigenvalue weighted by Gasteiger charge is 2.18. The van der Waals surface area contributed by atoms with E-state index in [1.54, 1.807) is 31.2 Å². The molecule has 1 fully saturated rings. The van der Waals surface area contributed by atoms with Crippen molar-refractivity contribution in [2.24, 2.45) is 0 Å². The minimum atomic E-state index is -0.849. The number of benzene rings is 1. The fraction of sp³-hybridized carbons (Fsp3) is 0.467. The van der Waals surface area contributed by atoms with E-state index in [0.29, 0.717) is 11.7 Å². The Kier molecular flexibility index (Phi) is 5.99. The van der Waals surface area contributed by atoms with Crippen LogP contribution < -0.4 is 5.32 Å². The molecule has 1 aromatic rings. The molecule has 21 heavy (non-hydrogen) atoms. The number of carboxylic acids is 1. The smallest absolute Gasteiger partial charge is 0.310 e. The molecule has 2 rings (SSSR count). The van der Waals surface area contributed by atoms with E-state index < -0.39 is 11.9 Å². The van der Waals surface area contributed by atoms with Crippen LogP contribution in [0.15, 0.2) is 24.3 Å². The summed E-state index contributed by atoms with van der Waals surface area (Å²) in [7, 11) is 0. The number of nitrogens with one attached hydrogen (secondary N) is 1. The molecule has 6 heteroatoms. The van der Waals surface area contributed by atoms with Gasteiger partial charge in [-0.05, 0) is 24.6 Å². The van der Waals surface area contributed by atoms with Crippen LogP contribution in [0.1, 0.15) is 24.8 Å². The van der Waals surface area contributed by atoms with Gasteiger partial charge in [0.1, 0.15) is 0 Å². The molecule has 0 aromatic heterocycles. The highest BCUT2D eigenvalue weighted by molar-refractivity contribution is 8.06. The average Bonchev–Trinajstić information content (AvgIpc) is 2.48. The summed E-state index contributed by atoms with van der Waals surface area (Å²) in [5.41, 5.74) is 1.45. The minimum Gasteiger partial charge on any atom is -0.481 e. The summed E-state index contributed by atoms with van der Waals surface area (Å²) in [6.45, 7) is 1.65. The summed E-state index contributed by atoms with van der Waals surface area (Å²) in [5, 5.41) is 12.2. The fourth-order valence-electron chi connectivity index (χ4n) is 2.07. The van der Waals surface area contributed by atoms with Crippen LogP contribution >= 0.6 is 23.5 Å². The van der Waals surface area contributed by atoms with Crippen LogP contribution in [0.25, 0.3) is 0 Å². The zero-order chi connectivity index (χ0) is 15.2. The van der Waals surface area contributed by atoms with Crippen LogP contribution in [-0.2, 0) is 9.59 Å². The Morgan fingerprint density at radius 3 is 2.62 bits per heavy atom. The summed E-state index contributed by atoms with van der Waals surface area (Å²) < 4.78 is 0. The quantitative estimate of drug-likeness (QED) is 0.871. The van der Waals surface area contributed by atoms with Crippen molar-refractivity contribution in [1.29, 1.82) is 0 Å². The highest BCUT2D eigenvalue weighted by atomic mass is 32.2. The second-order valence-corrected chi connectivity index (χ2v) is 7.56. The number of carbonyl (C=O) groups excluding carboxylic acids is 1. The van der Waals surface area contributed by atoms with Crippen LogP contribution in [0.4, 0.5) is 5.69 Å². The molecule has 2 unspecified atom stereocenters. The maximum Gasteiger partial charge on any atom is 0.310 e. The SMILES string of the molecule is CC(C(=O)O)c1ccc(NC(=O)CC2CSCCS2)cc1. The molecule has 0 saturated carbocycles. The van der Waals surface area contributed by atoms with Crippen molar-refractivity contribution in [3.63, 3.8) is 0 Å². The number of rotatable bonds is 5. The summed E-state index contributed by atoms with van der Waals surface area (Å²) in [4.78, 5) is 22.9. The minimum absolute atomic E-state index is 0.0223. The molecular weight excluding hydrogens is 306 g/mol. The molecule has 1 aliphatic rings. The summed E-state index contributed by atoms with van der Waals surface area (Å²) in [6.07, 6.45) is 0.533. The predicted octanol–water partition coefficient (Wildman–Crippen LogP) is 3.05. The largest absolute Gasteiger partial charge is 0.481 e. The first-order chi connectivity index (χ1) is 10.1. The molecule has 4 nitrogen and oxygen atoms in total. The number of thioether (sulfide) groups is 2. The molecule has 0 radical (unpaired) electrons. The van der Waals surface area contributed by atoms with E-state index >= 15 is 0 Å². The zero-order valence-electron chi connectivity index (χ0n) is 11.9. The number of hydrogen-bond donors (Lipinski definition) is 2. The summed E-state index contributed by atoms with van der Waals surface area (Å²) >= 11 is 3.77. The predicted molar refractivity (Wildman–Crippen MR) is 89.3 cm³/mol. The second-order valence-electron chi connectivity index (χ2n) is 5.00. The molecule has 0 bridgehead atoms. The number of amides is 1. The monoisotopic (exact) mass is 325 g/mol. The number of carboxylic acid groups (broad SMARTS) is 1. The Bertz CT molecular complexity index is 498. The van der Waals surface area contributed by atoms with Crippen molar-refractivity contribution >= 4 is 41.1 Å². The van der Waals surface area contributed by atoms with Gasteiger partial charge in [0, 0.05) is 34.6 Å². The number of carbonyl (C=O) groups is 2. The van der Waals surface area contributed by atoms with E-state index in [-0.39, 0.29) is 5.91 Å². The molecule has 2 atom stereocenters. The standard InChI is InChI=1S/C15H19NO3S2/c1-10(15(18)19)11-2-4-12(5-3-11)16-14(17)8-13-9-20-6-7-21-13/h2-5,10,13H,6-9H2,1H3,(H,16,17)(H,18,19). The Morgan fingerprint density at radius 2 is 2.05 bits per heavy atom. The lowest BCUT2D eigenvalue weighted by Gasteiger charge is -2.20. The summed E-state index contributed by atoms with van der Waals surface area (Å²) in [6, 6.07) is 7.02. The van der Waals surface area contributed by atoms with Gasteiger partial charge in [-0.2, -0.15) is 23.5 Å². The van der Waals surface area contributed by atoms with E-state index in [1.807, 2.05) is 23.5 Å². The Morgan fingerprint density at radius 1 is 1.33 bits per heavy atom.